The third-order valence-corrected chi connectivity index (χ3v) is 3.32. The van der Waals surface area contributed by atoms with Crippen LogP contribution in [-0.4, -0.2) is 22.5 Å². The second-order valence-corrected chi connectivity index (χ2v) is 4.39. The highest BCUT2D eigenvalue weighted by Crippen LogP contribution is 2.33. The van der Waals surface area contributed by atoms with E-state index in [0.717, 1.165) is 6.54 Å². The number of nitrogens with zero attached hydrogens (tertiary/aromatic N) is 3. The maximum absolute atomic E-state index is 8.76. The van der Waals surface area contributed by atoms with Crippen molar-refractivity contribution >= 4 is 0 Å². The fourth-order valence-corrected chi connectivity index (χ4v) is 2.50. The highest BCUT2D eigenvalue weighted by molar-refractivity contribution is 5.15. The quantitative estimate of drug-likeness (QED) is 0.777. The van der Waals surface area contributed by atoms with Crippen molar-refractivity contribution in [3.63, 3.8) is 0 Å². The number of hydrogen-bond donors (Lipinski definition) is 0. The van der Waals surface area contributed by atoms with Crippen LogP contribution in [0.2, 0.25) is 0 Å². The predicted molar refractivity (Wildman–Crippen MR) is 62.6 cm³/mol. The highest BCUT2D eigenvalue weighted by atomic mass is 15.2. The van der Waals surface area contributed by atoms with Gasteiger partial charge in [0.1, 0.15) is 0 Å². The molecule has 0 aromatic carbocycles. The number of likely N-dealkylation sites (tertiary alicyclic amines) is 1. The van der Waals surface area contributed by atoms with Crippen LogP contribution in [0.4, 0.5) is 0 Å². The average Bonchev–Trinajstić information content (AvgIpc) is 2.79. The van der Waals surface area contributed by atoms with E-state index < -0.39 is 0 Å². The standard InChI is InChI=1S/C13H17N3/c1-11(6-7-14)16-9-3-5-13(16)12-4-2-8-15-10-12/h2,4,8,10-11,13H,3,5-6,9H2,1H3/t11-,13?/m0/s1. The molecule has 3 heteroatoms. The Bertz CT molecular complexity index is 369. The number of aromatic nitrogens is 1. The van der Waals surface area contributed by atoms with Crippen molar-refractivity contribution < 1.29 is 0 Å². The molecule has 0 spiro atoms. The highest BCUT2D eigenvalue weighted by Gasteiger charge is 2.29. The van der Waals surface area contributed by atoms with Gasteiger partial charge in [0.05, 0.1) is 12.5 Å². The molecule has 16 heavy (non-hydrogen) atoms. The molecule has 0 radical (unpaired) electrons. The molecule has 1 unspecified atom stereocenters. The molecule has 1 aromatic heterocycles. The van der Waals surface area contributed by atoms with Crippen molar-refractivity contribution in [3.05, 3.63) is 30.1 Å². The molecule has 1 aliphatic heterocycles. The molecule has 3 nitrogen and oxygen atoms in total. The zero-order valence-electron chi connectivity index (χ0n) is 9.63. The van der Waals surface area contributed by atoms with E-state index in [1.165, 1.54) is 18.4 Å². The lowest BCUT2D eigenvalue weighted by atomic mass is 10.1. The van der Waals surface area contributed by atoms with E-state index >= 15 is 0 Å². The molecular formula is C13H17N3. The smallest absolute Gasteiger partial charge is 0.0638 e. The van der Waals surface area contributed by atoms with E-state index in [1.807, 2.05) is 18.5 Å². The average molecular weight is 215 g/mol. The molecule has 0 N–H and O–H groups in total. The van der Waals surface area contributed by atoms with Gasteiger partial charge in [-0.2, -0.15) is 5.26 Å². The Morgan fingerprint density at radius 3 is 3.25 bits per heavy atom. The van der Waals surface area contributed by atoms with Crippen LogP contribution in [0.5, 0.6) is 0 Å². The Morgan fingerprint density at radius 1 is 1.69 bits per heavy atom. The number of rotatable bonds is 3. The van der Waals surface area contributed by atoms with Gasteiger partial charge in [-0.1, -0.05) is 6.07 Å². The largest absolute Gasteiger partial charge is 0.293 e. The van der Waals surface area contributed by atoms with Crippen LogP contribution >= 0.6 is 0 Å². The molecule has 84 valence electrons. The summed E-state index contributed by atoms with van der Waals surface area (Å²) in [6.45, 7) is 3.24. The van der Waals surface area contributed by atoms with Crippen molar-refractivity contribution in [2.75, 3.05) is 6.54 Å². The first kappa shape index (κ1) is 11.1. The van der Waals surface area contributed by atoms with E-state index in [0.29, 0.717) is 18.5 Å². The van der Waals surface area contributed by atoms with Crippen molar-refractivity contribution in [1.29, 1.82) is 5.26 Å². The molecule has 1 aliphatic rings. The minimum absolute atomic E-state index is 0.345. The maximum atomic E-state index is 8.76. The Balaban J connectivity index is 2.13. The van der Waals surface area contributed by atoms with Gasteiger partial charge in [0.15, 0.2) is 0 Å². The summed E-state index contributed by atoms with van der Waals surface area (Å²) in [6, 6.07) is 7.18. The lowest BCUT2D eigenvalue weighted by Gasteiger charge is -2.29. The fourth-order valence-electron chi connectivity index (χ4n) is 2.50. The van der Waals surface area contributed by atoms with Gasteiger partial charge in [0.2, 0.25) is 0 Å². The molecule has 2 rings (SSSR count). The second-order valence-electron chi connectivity index (χ2n) is 4.39. The minimum Gasteiger partial charge on any atom is -0.293 e. The van der Waals surface area contributed by atoms with Gasteiger partial charge in [0, 0.05) is 24.5 Å². The van der Waals surface area contributed by atoms with E-state index in [1.54, 1.807) is 0 Å². The van der Waals surface area contributed by atoms with Crippen LogP contribution in [0.1, 0.15) is 37.8 Å². The monoisotopic (exact) mass is 215 g/mol. The van der Waals surface area contributed by atoms with E-state index in [9.17, 15) is 0 Å². The van der Waals surface area contributed by atoms with Crippen LogP contribution in [-0.2, 0) is 0 Å². The van der Waals surface area contributed by atoms with Gasteiger partial charge in [-0.05, 0) is 37.9 Å². The minimum atomic E-state index is 0.345. The van der Waals surface area contributed by atoms with Gasteiger partial charge < -0.3 is 0 Å². The molecule has 0 saturated carbocycles. The fraction of sp³-hybridized carbons (Fsp3) is 0.538. The maximum Gasteiger partial charge on any atom is 0.0638 e. The van der Waals surface area contributed by atoms with Crippen LogP contribution in [0.25, 0.3) is 0 Å². The molecule has 1 saturated heterocycles. The second kappa shape index (κ2) is 5.09. The first-order chi connectivity index (χ1) is 7.83. The summed E-state index contributed by atoms with van der Waals surface area (Å²) in [6.07, 6.45) is 6.76. The first-order valence-corrected chi connectivity index (χ1v) is 5.85. The summed E-state index contributed by atoms with van der Waals surface area (Å²) in [7, 11) is 0. The molecule has 0 amide bonds. The van der Waals surface area contributed by atoms with Gasteiger partial charge in [-0.25, -0.2) is 0 Å². The van der Waals surface area contributed by atoms with E-state index in [-0.39, 0.29) is 0 Å². The normalized spacial score (nSPS) is 22.9. The molecule has 2 atom stereocenters. The zero-order valence-corrected chi connectivity index (χ0v) is 9.63. The van der Waals surface area contributed by atoms with Gasteiger partial charge in [-0.3, -0.25) is 9.88 Å². The third-order valence-electron chi connectivity index (χ3n) is 3.32. The molecule has 2 heterocycles. The summed E-state index contributed by atoms with van der Waals surface area (Å²) < 4.78 is 0. The lowest BCUT2D eigenvalue weighted by Crippen LogP contribution is -2.32. The summed E-state index contributed by atoms with van der Waals surface area (Å²) >= 11 is 0. The molecule has 1 aromatic rings. The van der Waals surface area contributed by atoms with Crippen molar-refractivity contribution in [3.8, 4) is 6.07 Å². The topological polar surface area (TPSA) is 39.9 Å². The van der Waals surface area contributed by atoms with Crippen molar-refractivity contribution in [2.24, 2.45) is 0 Å². The van der Waals surface area contributed by atoms with Crippen LogP contribution in [0.3, 0.4) is 0 Å². The molecule has 0 aliphatic carbocycles. The van der Waals surface area contributed by atoms with Crippen LogP contribution in [0, 0.1) is 11.3 Å². The number of hydrogen-bond acceptors (Lipinski definition) is 3. The summed E-state index contributed by atoms with van der Waals surface area (Å²) in [5.41, 5.74) is 1.28. The van der Waals surface area contributed by atoms with E-state index in [2.05, 4.69) is 28.9 Å². The third kappa shape index (κ3) is 2.23. The van der Waals surface area contributed by atoms with Gasteiger partial charge in [-0.15, -0.1) is 0 Å². The van der Waals surface area contributed by atoms with Crippen molar-refractivity contribution in [1.82, 2.24) is 9.88 Å². The molecular weight excluding hydrogens is 198 g/mol. The van der Waals surface area contributed by atoms with Crippen LogP contribution in [0.15, 0.2) is 24.5 Å². The van der Waals surface area contributed by atoms with E-state index in [4.69, 9.17) is 5.26 Å². The Hall–Kier alpha value is -1.40. The predicted octanol–water partition coefficient (Wildman–Crippen LogP) is 2.52. The summed E-state index contributed by atoms with van der Waals surface area (Å²) in [4.78, 5) is 6.61. The van der Waals surface area contributed by atoms with Gasteiger partial charge in [0.25, 0.3) is 0 Å². The Kier molecular flexibility index (Phi) is 3.53. The molecule has 0 bridgehead atoms. The molecule has 1 fully saturated rings. The number of nitriles is 1. The first-order valence-electron chi connectivity index (χ1n) is 5.85. The van der Waals surface area contributed by atoms with Crippen LogP contribution < -0.4 is 0 Å². The van der Waals surface area contributed by atoms with Gasteiger partial charge >= 0.3 is 0 Å². The zero-order chi connectivity index (χ0) is 11.4. The van der Waals surface area contributed by atoms with Crippen molar-refractivity contribution in [2.45, 2.75) is 38.3 Å². The number of pyridine rings is 1. The Labute approximate surface area is 96.7 Å². The Morgan fingerprint density at radius 2 is 2.56 bits per heavy atom. The lowest BCUT2D eigenvalue weighted by molar-refractivity contribution is 0.194. The SMILES string of the molecule is C[C@@H](CC#N)N1CCCC1c1cccnc1. The summed E-state index contributed by atoms with van der Waals surface area (Å²) in [5.74, 6) is 0. The summed E-state index contributed by atoms with van der Waals surface area (Å²) in [5, 5.41) is 8.76.